The predicted octanol–water partition coefficient (Wildman–Crippen LogP) is 1.67. The molecule has 2 amide bonds. The van der Waals surface area contributed by atoms with Gasteiger partial charge in [-0.15, -0.1) is 0 Å². The average Bonchev–Trinajstić information content (AvgIpc) is 2.85. The minimum atomic E-state index is -0.0732. The van der Waals surface area contributed by atoms with E-state index in [0.717, 1.165) is 6.29 Å². The van der Waals surface area contributed by atoms with Crippen molar-refractivity contribution in [2.75, 3.05) is 33.4 Å². The zero-order chi connectivity index (χ0) is 14.5. The third-order valence-corrected chi connectivity index (χ3v) is 3.53. The van der Waals surface area contributed by atoms with E-state index in [1.54, 1.807) is 17.0 Å². The molecule has 1 aromatic carbocycles. The summed E-state index contributed by atoms with van der Waals surface area (Å²) in [4.78, 5) is 23.9. The lowest BCUT2D eigenvalue weighted by Crippen LogP contribution is -2.31. The number of nitrogens with zero attached hydrogens (tertiary/aromatic N) is 1. The number of nitrogens with one attached hydrogen (secondary N) is 1. The number of benzene rings is 1. The predicted molar refractivity (Wildman–Crippen MR) is 76.5 cm³/mol. The highest BCUT2D eigenvalue weighted by atomic mass is 79.9. The second-order valence-corrected chi connectivity index (χ2v) is 5.07. The standard InChI is InChI=1S/C13H15BrN2O4/c1-19-11-7-9(8-17)6-10(14)12(11)20-5-4-16-3-2-15-13(16)18/h6-8H,2-5H2,1H3,(H,15,18). The van der Waals surface area contributed by atoms with E-state index in [-0.39, 0.29) is 6.03 Å². The van der Waals surface area contributed by atoms with Gasteiger partial charge in [0.1, 0.15) is 12.9 Å². The van der Waals surface area contributed by atoms with Crippen LogP contribution in [0.4, 0.5) is 4.79 Å². The monoisotopic (exact) mass is 342 g/mol. The number of hydrogen-bond acceptors (Lipinski definition) is 4. The Morgan fingerprint density at radius 3 is 2.90 bits per heavy atom. The van der Waals surface area contributed by atoms with Crippen molar-refractivity contribution in [3.8, 4) is 11.5 Å². The van der Waals surface area contributed by atoms with E-state index < -0.39 is 0 Å². The molecule has 1 aliphatic heterocycles. The van der Waals surface area contributed by atoms with Gasteiger partial charge in [-0.1, -0.05) is 0 Å². The Hall–Kier alpha value is -1.76. The molecule has 1 aromatic rings. The van der Waals surface area contributed by atoms with Gasteiger partial charge in [0.15, 0.2) is 11.5 Å². The second kappa shape index (κ2) is 6.60. The summed E-state index contributed by atoms with van der Waals surface area (Å²) >= 11 is 3.35. The van der Waals surface area contributed by atoms with Crippen LogP contribution in [0, 0.1) is 0 Å². The number of aldehydes is 1. The molecule has 108 valence electrons. The maximum Gasteiger partial charge on any atom is 0.317 e. The maximum absolute atomic E-state index is 11.4. The van der Waals surface area contributed by atoms with E-state index in [1.165, 1.54) is 7.11 Å². The fourth-order valence-electron chi connectivity index (χ4n) is 1.93. The van der Waals surface area contributed by atoms with Crippen LogP contribution in [0.25, 0.3) is 0 Å². The highest BCUT2D eigenvalue weighted by molar-refractivity contribution is 9.10. The summed E-state index contributed by atoms with van der Waals surface area (Å²) < 4.78 is 11.5. The van der Waals surface area contributed by atoms with Gasteiger partial charge in [0.05, 0.1) is 18.1 Å². The van der Waals surface area contributed by atoms with Gasteiger partial charge in [-0.05, 0) is 28.1 Å². The van der Waals surface area contributed by atoms with Gasteiger partial charge < -0.3 is 19.7 Å². The first-order valence-electron chi connectivity index (χ1n) is 6.14. The van der Waals surface area contributed by atoms with Gasteiger partial charge >= 0.3 is 6.03 Å². The Balaban J connectivity index is 2.01. The maximum atomic E-state index is 11.4. The number of urea groups is 1. The third-order valence-electron chi connectivity index (χ3n) is 2.94. The van der Waals surface area contributed by atoms with Crippen molar-refractivity contribution in [3.05, 3.63) is 22.2 Å². The highest BCUT2D eigenvalue weighted by Crippen LogP contribution is 2.36. The lowest BCUT2D eigenvalue weighted by atomic mass is 10.2. The van der Waals surface area contributed by atoms with Crippen molar-refractivity contribution in [2.24, 2.45) is 0 Å². The van der Waals surface area contributed by atoms with Crippen LogP contribution in [-0.2, 0) is 0 Å². The molecule has 0 bridgehead atoms. The molecule has 1 heterocycles. The fourth-order valence-corrected chi connectivity index (χ4v) is 2.50. The Morgan fingerprint density at radius 1 is 1.50 bits per heavy atom. The first-order chi connectivity index (χ1) is 9.65. The summed E-state index contributed by atoms with van der Waals surface area (Å²) in [6.07, 6.45) is 0.742. The zero-order valence-electron chi connectivity index (χ0n) is 11.0. The molecule has 1 fully saturated rings. The van der Waals surface area contributed by atoms with E-state index >= 15 is 0 Å². The SMILES string of the molecule is COc1cc(C=O)cc(Br)c1OCCN1CCNC1=O. The van der Waals surface area contributed by atoms with Crippen molar-refractivity contribution in [2.45, 2.75) is 0 Å². The molecule has 0 saturated carbocycles. The highest BCUT2D eigenvalue weighted by Gasteiger charge is 2.19. The van der Waals surface area contributed by atoms with Crippen LogP contribution < -0.4 is 14.8 Å². The lowest BCUT2D eigenvalue weighted by molar-refractivity contribution is 0.112. The molecule has 0 aromatic heterocycles. The summed E-state index contributed by atoms with van der Waals surface area (Å²) in [5.41, 5.74) is 0.500. The molecule has 1 N–H and O–H groups in total. The number of carbonyl (C=O) groups excluding carboxylic acids is 2. The average molecular weight is 343 g/mol. The van der Waals surface area contributed by atoms with Gasteiger partial charge in [0, 0.05) is 18.7 Å². The van der Waals surface area contributed by atoms with Crippen molar-refractivity contribution >= 4 is 28.2 Å². The Labute approximate surface area is 125 Å². The minimum absolute atomic E-state index is 0.0732. The number of rotatable bonds is 6. The molecule has 7 heteroatoms. The van der Waals surface area contributed by atoms with Crippen LogP contribution in [0.3, 0.4) is 0 Å². The first-order valence-corrected chi connectivity index (χ1v) is 6.93. The van der Waals surface area contributed by atoms with Gasteiger partial charge in [-0.3, -0.25) is 4.79 Å². The van der Waals surface area contributed by atoms with Crippen molar-refractivity contribution in [1.29, 1.82) is 0 Å². The zero-order valence-corrected chi connectivity index (χ0v) is 12.6. The molecular weight excluding hydrogens is 328 g/mol. The molecule has 20 heavy (non-hydrogen) atoms. The topological polar surface area (TPSA) is 67.9 Å². The molecule has 0 aliphatic carbocycles. The van der Waals surface area contributed by atoms with Crippen LogP contribution in [0.2, 0.25) is 0 Å². The lowest BCUT2D eigenvalue weighted by Gasteiger charge is -2.17. The van der Waals surface area contributed by atoms with Crippen molar-refractivity contribution < 1.29 is 19.1 Å². The van der Waals surface area contributed by atoms with E-state index in [4.69, 9.17) is 9.47 Å². The smallest absolute Gasteiger partial charge is 0.317 e. The van der Waals surface area contributed by atoms with Crippen molar-refractivity contribution in [1.82, 2.24) is 10.2 Å². The van der Waals surface area contributed by atoms with Crippen LogP contribution >= 0.6 is 15.9 Å². The molecule has 1 aliphatic rings. The summed E-state index contributed by atoms with van der Waals surface area (Å²) in [7, 11) is 1.51. The number of methoxy groups -OCH3 is 1. The molecular formula is C13H15BrN2O4. The van der Waals surface area contributed by atoms with Gasteiger partial charge in [-0.2, -0.15) is 0 Å². The number of ether oxygens (including phenoxy) is 2. The Morgan fingerprint density at radius 2 is 2.30 bits per heavy atom. The largest absolute Gasteiger partial charge is 0.493 e. The quantitative estimate of drug-likeness (QED) is 0.798. The van der Waals surface area contributed by atoms with E-state index in [9.17, 15) is 9.59 Å². The fraction of sp³-hybridized carbons (Fsp3) is 0.385. The molecule has 2 rings (SSSR count). The van der Waals surface area contributed by atoms with Gasteiger partial charge in [-0.25, -0.2) is 4.79 Å². The van der Waals surface area contributed by atoms with Gasteiger partial charge in [0.2, 0.25) is 0 Å². The number of hydrogen-bond donors (Lipinski definition) is 1. The van der Waals surface area contributed by atoms with Crippen LogP contribution in [0.1, 0.15) is 10.4 Å². The third kappa shape index (κ3) is 3.22. The van der Waals surface area contributed by atoms with Crippen LogP contribution in [0.5, 0.6) is 11.5 Å². The Bertz CT molecular complexity index is 521. The summed E-state index contributed by atoms with van der Waals surface area (Å²) in [6.45, 7) is 2.20. The molecule has 0 atom stereocenters. The number of carbonyl (C=O) groups is 2. The number of amides is 2. The molecule has 0 unspecified atom stereocenters. The van der Waals surface area contributed by atoms with Crippen molar-refractivity contribution in [3.63, 3.8) is 0 Å². The van der Waals surface area contributed by atoms with E-state index in [1.807, 2.05) is 0 Å². The first kappa shape index (κ1) is 14.6. The number of halogens is 1. The van der Waals surface area contributed by atoms with Crippen LogP contribution in [-0.4, -0.2) is 50.6 Å². The van der Waals surface area contributed by atoms with Crippen LogP contribution in [0.15, 0.2) is 16.6 Å². The molecule has 1 saturated heterocycles. The normalized spacial score (nSPS) is 14.1. The van der Waals surface area contributed by atoms with Gasteiger partial charge in [0.25, 0.3) is 0 Å². The molecule has 0 radical (unpaired) electrons. The van der Waals surface area contributed by atoms with E-state index in [0.29, 0.717) is 47.8 Å². The summed E-state index contributed by atoms with van der Waals surface area (Å²) in [6, 6.07) is 3.19. The molecule has 0 spiro atoms. The second-order valence-electron chi connectivity index (χ2n) is 4.22. The van der Waals surface area contributed by atoms with E-state index in [2.05, 4.69) is 21.2 Å². The summed E-state index contributed by atoms with van der Waals surface area (Å²) in [5.74, 6) is 1.00. The summed E-state index contributed by atoms with van der Waals surface area (Å²) in [5, 5.41) is 2.73. The molecule has 6 nitrogen and oxygen atoms in total. The Kier molecular flexibility index (Phi) is 4.84. The minimum Gasteiger partial charge on any atom is -0.493 e.